The standard InChI is InChI=1S/C15H25FN2/c1-4-10-18(11-5-2)12-15(3,17)13-6-8-14(16)9-7-13/h6-9H,4-5,10-12,17H2,1-3H3. The number of hydrogen-bond acceptors (Lipinski definition) is 2. The second kappa shape index (κ2) is 6.86. The van der Waals surface area contributed by atoms with E-state index in [1.165, 1.54) is 12.1 Å². The summed E-state index contributed by atoms with van der Waals surface area (Å²) < 4.78 is 12.9. The molecule has 18 heavy (non-hydrogen) atoms. The number of halogens is 1. The molecule has 1 unspecified atom stereocenters. The molecule has 0 aliphatic rings. The molecule has 102 valence electrons. The number of rotatable bonds is 7. The van der Waals surface area contributed by atoms with Gasteiger partial charge in [0.1, 0.15) is 5.82 Å². The van der Waals surface area contributed by atoms with Gasteiger partial charge in [0.25, 0.3) is 0 Å². The first-order valence-electron chi connectivity index (χ1n) is 6.77. The molecule has 0 bridgehead atoms. The lowest BCUT2D eigenvalue weighted by molar-refractivity contribution is 0.217. The Hall–Kier alpha value is -0.930. The van der Waals surface area contributed by atoms with Crippen molar-refractivity contribution in [1.29, 1.82) is 0 Å². The SMILES string of the molecule is CCCN(CCC)CC(C)(N)c1ccc(F)cc1. The highest BCUT2D eigenvalue weighted by atomic mass is 19.1. The normalized spacial score (nSPS) is 14.8. The van der Waals surface area contributed by atoms with E-state index in [2.05, 4.69) is 18.7 Å². The predicted octanol–water partition coefficient (Wildman–Crippen LogP) is 3.12. The Morgan fingerprint density at radius 3 is 2.06 bits per heavy atom. The molecule has 0 amide bonds. The maximum absolute atomic E-state index is 12.9. The smallest absolute Gasteiger partial charge is 0.123 e. The molecule has 1 aromatic carbocycles. The molecule has 0 fully saturated rings. The van der Waals surface area contributed by atoms with E-state index < -0.39 is 5.54 Å². The highest BCUT2D eigenvalue weighted by molar-refractivity contribution is 5.24. The average Bonchev–Trinajstić information content (AvgIpc) is 2.29. The van der Waals surface area contributed by atoms with E-state index in [0.717, 1.165) is 38.0 Å². The molecule has 0 saturated heterocycles. The van der Waals surface area contributed by atoms with Crippen LogP contribution < -0.4 is 5.73 Å². The third-order valence-corrected chi connectivity index (χ3v) is 3.14. The predicted molar refractivity (Wildman–Crippen MR) is 75.0 cm³/mol. The van der Waals surface area contributed by atoms with Crippen LogP contribution in [0.2, 0.25) is 0 Å². The Balaban J connectivity index is 2.75. The van der Waals surface area contributed by atoms with Gasteiger partial charge in [-0.1, -0.05) is 26.0 Å². The van der Waals surface area contributed by atoms with Gasteiger partial charge >= 0.3 is 0 Å². The lowest BCUT2D eigenvalue weighted by Gasteiger charge is -2.32. The fraction of sp³-hybridized carbons (Fsp3) is 0.600. The van der Waals surface area contributed by atoms with E-state index in [0.29, 0.717) is 0 Å². The fourth-order valence-corrected chi connectivity index (χ4v) is 2.29. The summed E-state index contributed by atoms with van der Waals surface area (Å²) in [7, 11) is 0. The second-order valence-corrected chi connectivity index (χ2v) is 5.20. The van der Waals surface area contributed by atoms with Crippen molar-refractivity contribution in [1.82, 2.24) is 4.90 Å². The molecular formula is C15H25FN2. The monoisotopic (exact) mass is 252 g/mol. The van der Waals surface area contributed by atoms with Crippen molar-refractivity contribution in [2.45, 2.75) is 39.2 Å². The topological polar surface area (TPSA) is 29.3 Å². The van der Waals surface area contributed by atoms with Crippen LogP contribution >= 0.6 is 0 Å². The van der Waals surface area contributed by atoms with Crippen molar-refractivity contribution in [3.8, 4) is 0 Å². The first-order chi connectivity index (χ1) is 8.49. The molecule has 2 N–H and O–H groups in total. The van der Waals surface area contributed by atoms with Gasteiger partial charge in [0.2, 0.25) is 0 Å². The van der Waals surface area contributed by atoms with Crippen LogP contribution in [-0.4, -0.2) is 24.5 Å². The molecule has 0 radical (unpaired) electrons. The van der Waals surface area contributed by atoms with Gasteiger partial charge in [-0.3, -0.25) is 0 Å². The third kappa shape index (κ3) is 4.39. The average molecular weight is 252 g/mol. The van der Waals surface area contributed by atoms with Crippen LogP contribution in [0.3, 0.4) is 0 Å². The molecule has 1 aromatic rings. The summed E-state index contributed by atoms with van der Waals surface area (Å²) >= 11 is 0. The second-order valence-electron chi connectivity index (χ2n) is 5.20. The Bertz CT molecular complexity index is 340. The van der Waals surface area contributed by atoms with Crippen LogP contribution in [0.15, 0.2) is 24.3 Å². The van der Waals surface area contributed by atoms with Gasteiger partial charge < -0.3 is 10.6 Å². The van der Waals surface area contributed by atoms with Gasteiger partial charge in [-0.25, -0.2) is 4.39 Å². The van der Waals surface area contributed by atoms with Gasteiger partial charge in [-0.15, -0.1) is 0 Å². The van der Waals surface area contributed by atoms with Crippen LogP contribution in [-0.2, 0) is 5.54 Å². The van der Waals surface area contributed by atoms with Crippen molar-refractivity contribution in [2.24, 2.45) is 5.73 Å². The van der Waals surface area contributed by atoms with E-state index >= 15 is 0 Å². The minimum Gasteiger partial charge on any atom is -0.321 e. The molecule has 3 heteroatoms. The first kappa shape index (κ1) is 15.1. The molecular weight excluding hydrogens is 227 g/mol. The van der Waals surface area contributed by atoms with E-state index in [-0.39, 0.29) is 5.82 Å². The zero-order valence-corrected chi connectivity index (χ0v) is 11.7. The van der Waals surface area contributed by atoms with E-state index in [4.69, 9.17) is 5.73 Å². The summed E-state index contributed by atoms with van der Waals surface area (Å²) in [6.07, 6.45) is 2.25. The van der Waals surface area contributed by atoms with Crippen molar-refractivity contribution in [2.75, 3.05) is 19.6 Å². The summed E-state index contributed by atoms with van der Waals surface area (Å²) in [4.78, 5) is 2.38. The molecule has 1 rings (SSSR count). The largest absolute Gasteiger partial charge is 0.321 e. The molecule has 0 saturated carbocycles. The summed E-state index contributed by atoms with van der Waals surface area (Å²) in [6.45, 7) is 9.28. The number of hydrogen-bond donors (Lipinski definition) is 1. The molecule has 2 nitrogen and oxygen atoms in total. The lowest BCUT2D eigenvalue weighted by atomic mass is 9.92. The Morgan fingerprint density at radius 1 is 1.11 bits per heavy atom. The van der Waals surface area contributed by atoms with E-state index in [1.54, 1.807) is 12.1 Å². The van der Waals surface area contributed by atoms with Crippen LogP contribution in [0.5, 0.6) is 0 Å². The minimum absolute atomic E-state index is 0.214. The molecule has 0 aromatic heterocycles. The number of benzene rings is 1. The van der Waals surface area contributed by atoms with Gasteiger partial charge in [0, 0.05) is 6.54 Å². The Kier molecular flexibility index (Phi) is 5.76. The zero-order chi connectivity index (χ0) is 13.6. The number of nitrogens with zero attached hydrogens (tertiary/aromatic N) is 1. The van der Waals surface area contributed by atoms with E-state index in [9.17, 15) is 4.39 Å². The lowest BCUT2D eigenvalue weighted by Crippen LogP contribution is -2.45. The highest BCUT2D eigenvalue weighted by Gasteiger charge is 2.23. The van der Waals surface area contributed by atoms with Gasteiger partial charge in [-0.05, 0) is 50.6 Å². The van der Waals surface area contributed by atoms with Crippen LogP contribution in [0, 0.1) is 5.82 Å². The van der Waals surface area contributed by atoms with Crippen molar-refractivity contribution in [3.63, 3.8) is 0 Å². The quantitative estimate of drug-likeness (QED) is 0.808. The van der Waals surface area contributed by atoms with Gasteiger partial charge in [-0.2, -0.15) is 0 Å². The van der Waals surface area contributed by atoms with Gasteiger partial charge in [0.05, 0.1) is 5.54 Å². The summed E-state index contributed by atoms with van der Waals surface area (Å²) in [5.74, 6) is -0.214. The third-order valence-electron chi connectivity index (χ3n) is 3.14. The maximum atomic E-state index is 12.9. The van der Waals surface area contributed by atoms with E-state index in [1.807, 2.05) is 6.92 Å². The summed E-state index contributed by atoms with van der Waals surface area (Å²) in [5.41, 5.74) is 6.94. The van der Waals surface area contributed by atoms with Crippen molar-refractivity contribution >= 4 is 0 Å². The van der Waals surface area contributed by atoms with Crippen LogP contribution in [0.25, 0.3) is 0 Å². The first-order valence-corrected chi connectivity index (χ1v) is 6.77. The summed E-state index contributed by atoms with van der Waals surface area (Å²) in [6, 6.07) is 6.52. The Labute approximate surface area is 110 Å². The Morgan fingerprint density at radius 2 is 1.61 bits per heavy atom. The molecule has 0 aliphatic carbocycles. The van der Waals surface area contributed by atoms with Crippen molar-refractivity contribution < 1.29 is 4.39 Å². The molecule has 0 heterocycles. The molecule has 0 spiro atoms. The zero-order valence-electron chi connectivity index (χ0n) is 11.7. The van der Waals surface area contributed by atoms with Crippen LogP contribution in [0.4, 0.5) is 4.39 Å². The highest BCUT2D eigenvalue weighted by Crippen LogP contribution is 2.19. The molecule has 0 aliphatic heterocycles. The maximum Gasteiger partial charge on any atom is 0.123 e. The van der Waals surface area contributed by atoms with Crippen molar-refractivity contribution in [3.05, 3.63) is 35.6 Å². The summed E-state index contributed by atoms with van der Waals surface area (Å²) in [5, 5.41) is 0. The fourth-order valence-electron chi connectivity index (χ4n) is 2.29. The minimum atomic E-state index is -0.432. The van der Waals surface area contributed by atoms with Crippen LogP contribution in [0.1, 0.15) is 39.2 Å². The number of nitrogens with two attached hydrogens (primary N) is 1. The molecule has 1 atom stereocenters. The van der Waals surface area contributed by atoms with Gasteiger partial charge in [0.15, 0.2) is 0 Å².